The number of fused-ring (bicyclic) bond motifs is 6. The second-order valence-electron chi connectivity index (χ2n) is 34.3. The number of nitrogens with one attached hydrogen (secondary N) is 2. The first kappa shape index (κ1) is 86.3. The Bertz CT molecular complexity index is 4400. The number of alkyl halides is 6. The summed E-state index contributed by atoms with van der Waals surface area (Å²) in [6.07, 6.45) is -0.700. The van der Waals surface area contributed by atoms with E-state index in [9.17, 15) is 81.5 Å². The number of esters is 2. The molecule has 26 nitrogen and oxygen atoms in total. The number of hydrogen-bond acceptors (Lipinski definition) is 22. The fraction of sp³-hybridized carbons (Fsp3) is 0.650. The largest absolute Gasteiger partial charge is 0.479 e. The van der Waals surface area contributed by atoms with Crippen molar-refractivity contribution in [2.24, 2.45) is 58.2 Å². The standard InChI is InChI=1S/2C40H51F3N4O9S/c2*1-23-11-7-8-12-25-20-39(25,36(51)46-57(52,53)38(5)15-16-38)21-31(48)30-18-26(55-34-28-14-10-9-13-27(28)33(54-6)44-45-34)22-47(30)35(50)29(24(2)17-23)19-32(49)56-37(3,4)40(41,42)43/h2*8-10,12-14,23-26,29-30H,7,11,15-22H2,1-6H3,(H,46,51)/b2*12-8-/t23-,24+,25+,26+,29-,30-,39+;23-,24-,25-,26-,29+,30+,39-/m01/s1. The van der Waals surface area contributed by atoms with Gasteiger partial charge in [-0.1, -0.05) is 76.3 Å². The predicted octanol–water partition coefficient (Wildman–Crippen LogP) is 11.7. The molecule has 4 aliphatic carbocycles. The van der Waals surface area contributed by atoms with Gasteiger partial charge in [-0.25, -0.2) is 16.8 Å². The van der Waals surface area contributed by atoms with Crippen LogP contribution in [0.4, 0.5) is 26.3 Å². The van der Waals surface area contributed by atoms with Crippen molar-refractivity contribution in [3.8, 4) is 23.5 Å². The van der Waals surface area contributed by atoms with E-state index in [1.165, 1.54) is 24.0 Å². The molecule has 12 rings (SSSR count). The van der Waals surface area contributed by atoms with Crippen molar-refractivity contribution in [1.29, 1.82) is 0 Å². The number of ketones is 2. The molecule has 2 aromatic heterocycles. The summed E-state index contributed by atoms with van der Waals surface area (Å²) in [5.74, 6) is -9.79. The highest BCUT2D eigenvalue weighted by Gasteiger charge is 2.65. The number of hydrogen-bond donors (Lipinski definition) is 2. The van der Waals surface area contributed by atoms with Crippen LogP contribution < -0.4 is 28.4 Å². The lowest BCUT2D eigenvalue weighted by Gasteiger charge is -2.33. The second kappa shape index (κ2) is 32.5. The Kier molecular flexibility index (Phi) is 24.6. The van der Waals surface area contributed by atoms with Crippen LogP contribution in [-0.4, -0.2) is 179 Å². The zero-order valence-electron chi connectivity index (χ0n) is 66.1. The molecule has 4 aliphatic heterocycles. The van der Waals surface area contributed by atoms with E-state index in [1.807, 2.05) is 38.2 Å². The molecule has 4 aromatic rings. The Balaban J connectivity index is 0.000000225. The molecular weight excluding hydrogens is 1540 g/mol. The molecule has 0 bridgehead atoms. The van der Waals surface area contributed by atoms with Gasteiger partial charge < -0.3 is 38.2 Å². The van der Waals surface area contributed by atoms with E-state index < -0.39 is 184 Å². The molecule has 0 unspecified atom stereocenters. The monoisotopic (exact) mass is 1640 g/mol. The molecule has 114 heavy (non-hydrogen) atoms. The minimum atomic E-state index is -4.87. The van der Waals surface area contributed by atoms with Crippen LogP contribution in [0.15, 0.2) is 72.8 Å². The summed E-state index contributed by atoms with van der Waals surface area (Å²) < 4.78 is 171. The minimum Gasteiger partial charge on any atom is -0.479 e. The van der Waals surface area contributed by atoms with E-state index in [4.69, 9.17) is 28.4 Å². The highest BCUT2D eigenvalue weighted by molar-refractivity contribution is 7.92. The molecule has 4 amide bonds. The fourth-order valence-electron chi connectivity index (χ4n) is 16.2. The lowest BCUT2D eigenvalue weighted by molar-refractivity contribution is -0.257. The van der Waals surface area contributed by atoms with Gasteiger partial charge in [0, 0.05) is 25.7 Å². The summed E-state index contributed by atoms with van der Waals surface area (Å²) in [5, 5.41) is 18.9. The van der Waals surface area contributed by atoms with Crippen molar-refractivity contribution in [2.75, 3.05) is 27.3 Å². The van der Waals surface area contributed by atoms with Gasteiger partial charge in [-0.2, -0.15) is 26.3 Å². The van der Waals surface area contributed by atoms with Gasteiger partial charge in [-0.05, 0) is 178 Å². The van der Waals surface area contributed by atoms with Crippen molar-refractivity contribution < 1.29 is 110 Å². The Morgan fingerprint density at radius 2 is 0.842 bits per heavy atom. The molecule has 2 saturated heterocycles. The molecule has 4 saturated carbocycles. The summed E-state index contributed by atoms with van der Waals surface area (Å²) in [7, 11) is -5.17. The van der Waals surface area contributed by atoms with E-state index in [-0.39, 0.29) is 87.0 Å². The molecule has 6 heterocycles. The Labute approximate surface area is 659 Å². The Morgan fingerprint density at radius 1 is 0.518 bits per heavy atom. The van der Waals surface area contributed by atoms with Crippen molar-refractivity contribution >= 4 is 88.7 Å². The first-order valence-corrected chi connectivity index (χ1v) is 41.8. The molecule has 0 spiro atoms. The molecule has 6 fully saturated rings. The van der Waals surface area contributed by atoms with Crippen molar-refractivity contribution in [3.05, 3.63) is 72.8 Å². The van der Waals surface area contributed by atoms with Crippen LogP contribution in [0.3, 0.4) is 0 Å². The normalized spacial score (nSPS) is 29.9. The Morgan fingerprint density at radius 3 is 1.16 bits per heavy atom. The van der Waals surface area contributed by atoms with Crippen molar-refractivity contribution in [2.45, 2.75) is 242 Å². The second-order valence-corrected chi connectivity index (χ2v) is 38.7. The van der Waals surface area contributed by atoms with E-state index >= 15 is 0 Å². The lowest BCUT2D eigenvalue weighted by Crippen LogP contribution is -2.48. The number of allylic oxidation sites excluding steroid dienone is 4. The number of nitrogens with zero attached hydrogens (tertiary/aromatic N) is 6. The van der Waals surface area contributed by atoms with Crippen LogP contribution >= 0.6 is 0 Å². The molecule has 2 aromatic carbocycles. The number of halogens is 6. The summed E-state index contributed by atoms with van der Waals surface area (Å²) >= 11 is 0. The number of aromatic nitrogens is 4. The lowest BCUT2D eigenvalue weighted by atomic mass is 9.82. The first-order valence-electron chi connectivity index (χ1n) is 38.8. The minimum absolute atomic E-state index is 0.0124. The predicted molar refractivity (Wildman–Crippen MR) is 402 cm³/mol. The molecule has 0 radical (unpaired) electrons. The average molecular weight is 1640 g/mol. The highest BCUT2D eigenvalue weighted by atomic mass is 32.2. The number of ether oxygens (including phenoxy) is 6. The maximum atomic E-state index is 14.8. The van der Waals surface area contributed by atoms with Gasteiger partial charge in [0.05, 0.1) is 106 Å². The summed E-state index contributed by atoms with van der Waals surface area (Å²) in [4.78, 5) is 116. The number of benzene rings is 2. The van der Waals surface area contributed by atoms with Crippen molar-refractivity contribution in [1.82, 2.24) is 39.6 Å². The first-order chi connectivity index (χ1) is 53.2. The zero-order valence-corrected chi connectivity index (χ0v) is 67.7. The topological polar surface area (TPSA) is 342 Å². The number of carbonyl (C=O) groups is 8. The van der Waals surface area contributed by atoms with Gasteiger partial charge in [0.25, 0.3) is 0 Å². The molecule has 34 heteroatoms. The highest BCUT2D eigenvalue weighted by Crippen LogP contribution is 2.60. The quantitative estimate of drug-likeness (QED) is 0.0531. The van der Waals surface area contributed by atoms with E-state index in [0.29, 0.717) is 85.8 Å². The van der Waals surface area contributed by atoms with Crippen LogP contribution in [0, 0.1) is 58.2 Å². The maximum absolute atomic E-state index is 14.8. The smallest absolute Gasteiger partial charge is 0.427 e. The van der Waals surface area contributed by atoms with E-state index in [1.54, 1.807) is 76.2 Å². The van der Waals surface area contributed by atoms with E-state index in [0.717, 1.165) is 27.7 Å². The van der Waals surface area contributed by atoms with Gasteiger partial charge in [0.2, 0.25) is 78.4 Å². The maximum Gasteiger partial charge on any atom is 0.427 e. The number of amides is 4. The molecule has 2 N–H and O–H groups in total. The fourth-order valence-corrected chi connectivity index (χ4v) is 18.9. The van der Waals surface area contributed by atoms with E-state index in [2.05, 4.69) is 29.8 Å². The number of methoxy groups -OCH3 is 2. The molecule has 624 valence electrons. The number of carbonyl (C=O) groups excluding carboxylic acids is 8. The average Bonchev–Trinajstić information content (AvgIpc) is 1.57. The summed E-state index contributed by atoms with van der Waals surface area (Å²) in [6.45, 7) is 13.2. The van der Waals surface area contributed by atoms with Crippen LogP contribution in [0.5, 0.6) is 23.5 Å². The molecular formula is C80H102F6N8O18S2. The number of sulfonamides is 2. The van der Waals surface area contributed by atoms with Gasteiger partial charge in [0.15, 0.2) is 11.6 Å². The third-order valence-electron chi connectivity index (χ3n) is 24.7. The molecule has 8 aliphatic rings. The number of Topliss-reactive ketones (excluding diaryl/α,β-unsaturated/α-hetero) is 2. The van der Waals surface area contributed by atoms with Crippen LogP contribution in [-0.2, 0) is 67.9 Å². The summed E-state index contributed by atoms with van der Waals surface area (Å²) in [5.41, 5.74) is -8.41. The van der Waals surface area contributed by atoms with Crippen molar-refractivity contribution in [3.63, 3.8) is 0 Å². The van der Waals surface area contributed by atoms with Crippen LogP contribution in [0.2, 0.25) is 0 Å². The number of rotatable bonds is 18. The summed E-state index contributed by atoms with van der Waals surface area (Å²) in [6, 6.07) is 11.8. The zero-order chi connectivity index (χ0) is 83.4. The third kappa shape index (κ3) is 18.3. The molecule has 14 atom stereocenters. The van der Waals surface area contributed by atoms with Crippen LogP contribution in [0.1, 0.15) is 185 Å². The SMILES string of the molecule is COc1nnc(O[C@@H]2C[C@H]3C(=O)C[C@]4(C(=O)NS(=O)(=O)C5(C)CC5)C[C@H]4/C=C\CC[C@@H](C)C[C@@H](C)[C@H](CC(=O)OC(C)(C)C(F)(F)F)C(=O)N3C2)c2ccccc12.COc1nnc(O[C@@H]2C[C@H]3C(=O)C[C@]4(C(=O)NS(=O)(=O)C5(C)CC5)C[C@H]4/C=C\CC[C@H](C)C[C@@H](C)[C@H](CC(=O)OC(C)(C)C(F)(F)F)C(=O)N3C2)c2ccccc12. The van der Waals surface area contributed by atoms with Crippen LogP contribution in [0.25, 0.3) is 21.5 Å². The van der Waals surface area contributed by atoms with Gasteiger partial charge in [0.1, 0.15) is 12.2 Å². The van der Waals surface area contributed by atoms with Gasteiger partial charge in [-0.15, -0.1) is 20.4 Å². The van der Waals surface area contributed by atoms with Gasteiger partial charge >= 0.3 is 24.3 Å². The van der Waals surface area contributed by atoms with Gasteiger partial charge in [-0.3, -0.25) is 47.8 Å². The Hall–Kier alpha value is -8.56. The third-order valence-corrected chi connectivity index (χ3v) is 29.0.